The first kappa shape index (κ1) is 28.4. The average molecular weight is 556 g/mol. The van der Waals surface area contributed by atoms with Crippen molar-refractivity contribution in [2.45, 2.75) is 43.9 Å². The maximum Gasteiger partial charge on any atom is 0.256 e. The molecule has 1 saturated carbocycles. The number of anilines is 2. The maximum absolute atomic E-state index is 12.9. The molecular weight excluding hydrogens is 518 g/mol. The van der Waals surface area contributed by atoms with Crippen LogP contribution in [0.1, 0.15) is 65.7 Å². The number of aromatic nitrogens is 4. The Morgan fingerprint density at radius 3 is 2.61 bits per heavy atom. The molecule has 41 heavy (non-hydrogen) atoms. The van der Waals surface area contributed by atoms with Crippen LogP contribution in [0.2, 0.25) is 0 Å². The molecular formula is C31H37N7O3. The predicted octanol–water partition coefficient (Wildman–Crippen LogP) is 4.53. The van der Waals surface area contributed by atoms with Gasteiger partial charge in [-0.3, -0.25) is 9.20 Å². The van der Waals surface area contributed by atoms with E-state index >= 15 is 0 Å². The number of carbonyl (C=O) groups is 2. The molecule has 1 atom stereocenters. The van der Waals surface area contributed by atoms with Crippen LogP contribution < -0.4 is 11.1 Å². The summed E-state index contributed by atoms with van der Waals surface area (Å²) in [6, 6.07) is 11.5. The van der Waals surface area contributed by atoms with E-state index in [1.54, 1.807) is 19.5 Å². The Kier molecular flexibility index (Phi) is 9.01. The van der Waals surface area contributed by atoms with E-state index in [0.29, 0.717) is 42.1 Å². The number of piperidine rings is 1. The van der Waals surface area contributed by atoms with Gasteiger partial charge in [0.15, 0.2) is 0 Å². The zero-order valence-electron chi connectivity index (χ0n) is 23.6. The van der Waals surface area contributed by atoms with Crippen molar-refractivity contribution in [2.24, 2.45) is 0 Å². The number of nitrogen functional groups attached to an aromatic ring is 1. The smallest absolute Gasteiger partial charge is 0.256 e. The maximum atomic E-state index is 12.9. The van der Waals surface area contributed by atoms with Crippen molar-refractivity contribution in [1.82, 2.24) is 24.3 Å². The summed E-state index contributed by atoms with van der Waals surface area (Å²) in [6.07, 6.45) is 11.4. The fraction of sp³-hybridized carbons (Fsp3) is 0.387. The van der Waals surface area contributed by atoms with Crippen LogP contribution >= 0.6 is 0 Å². The third-order valence-electron chi connectivity index (χ3n) is 7.53. The minimum absolute atomic E-state index is 0.182. The Labute approximate surface area is 240 Å². The Bertz CT molecular complexity index is 1500. The Balaban J connectivity index is 0.000000511. The third-order valence-corrected chi connectivity index (χ3v) is 7.53. The number of carbonyl (C=O) groups excluding carboxylic acids is 2. The van der Waals surface area contributed by atoms with Crippen LogP contribution in [-0.2, 0) is 9.53 Å². The second-order valence-electron chi connectivity index (χ2n) is 10.7. The summed E-state index contributed by atoms with van der Waals surface area (Å²) in [5, 5.41) is 2.93. The molecule has 1 amide bonds. The van der Waals surface area contributed by atoms with Gasteiger partial charge in [0.25, 0.3) is 5.91 Å². The number of hydrogen-bond donors (Lipinski definition) is 2. The molecule has 2 fully saturated rings. The first-order chi connectivity index (χ1) is 20.0. The van der Waals surface area contributed by atoms with Gasteiger partial charge < -0.3 is 25.5 Å². The van der Waals surface area contributed by atoms with Gasteiger partial charge in [-0.25, -0.2) is 15.0 Å². The van der Waals surface area contributed by atoms with Gasteiger partial charge in [-0.2, -0.15) is 0 Å². The van der Waals surface area contributed by atoms with Gasteiger partial charge in [-0.05, 0) is 75.0 Å². The standard InChI is InChI=1S/C27H29N7O.C4H8O2/c1-33-13-2-3-21(16-33)26-32-23(24-25(28)30-12-14-34(24)26)18-6-8-19(9-7-18)27(35)31-22-15-20(10-11-29-22)17-4-5-17;1-6-4-2-3-5/h6-12,14-15,17,21H,2-5,13,16H2,1H3,(H2,28,30)(H,29,31,35);3H,2,4H2,1H3. The number of likely N-dealkylation sites (N-methyl/N-ethyl adjacent to an activating group) is 1. The van der Waals surface area contributed by atoms with Crippen LogP contribution in [0.5, 0.6) is 0 Å². The minimum atomic E-state index is -0.182. The quantitative estimate of drug-likeness (QED) is 0.240. The molecule has 4 aromatic rings. The number of nitrogens with one attached hydrogen (secondary N) is 1. The molecule has 1 unspecified atom stereocenters. The topological polar surface area (TPSA) is 128 Å². The van der Waals surface area contributed by atoms with Gasteiger partial charge in [0.1, 0.15) is 35.0 Å². The van der Waals surface area contributed by atoms with Crippen LogP contribution in [0.25, 0.3) is 16.8 Å². The zero-order valence-corrected chi connectivity index (χ0v) is 23.6. The monoisotopic (exact) mass is 555 g/mol. The van der Waals surface area contributed by atoms with Crippen LogP contribution in [0.3, 0.4) is 0 Å². The molecule has 1 aliphatic heterocycles. The highest BCUT2D eigenvalue weighted by Gasteiger charge is 2.26. The summed E-state index contributed by atoms with van der Waals surface area (Å²) in [5.41, 5.74) is 10.6. The summed E-state index contributed by atoms with van der Waals surface area (Å²) < 4.78 is 6.63. The molecule has 1 aromatic carbocycles. The summed E-state index contributed by atoms with van der Waals surface area (Å²) >= 11 is 0. The van der Waals surface area contributed by atoms with Gasteiger partial charge in [0.2, 0.25) is 0 Å². The number of methoxy groups -OCH3 is 1. The van der Waals surface area contributed by atoms with E-state index in [4.69, 9.17) is 10.7 Å². The lowest BCUT2D eigenvalue weighted by Gasteiger charge is -2.28. The lowest BCUT2D eigenvalue weighted by Crippen LogP contribution is -2.31. The van der Waals surface area contributed by atoms with Gasteiger partial charge >= 0.3 is 0 Å². The number of benzene rings is 1. The number of aldehydes is 1. The molecule has 0 radical (unpaired) electrons. The van der Waals surface area contributed by atoms with E-state index in [1.807, 2.05) is 42.6 Å². The van der Waals surface area contributed by atoms with E-state index in [-0.39, 0.29) is 5.91 Å². The normalized spacial score (nSPS) is 17.1. The summed E-state index contributed by atoms with van der Waals surface area (Å²) in [4.78, 5) is 38.4. The number of ether oxygens (including phenoxy) is 1. The Morgan fingerprint density at radius 2 is 1.93 bits per heavy atom. The van der Waals surface area contributed by atoms with Crippen LogP contribution in [0.4, 0.5) is 11.6 Å². The predicted molar refractivity (Wildman–Crippen MR) is 159 cm³/mol. The molecule has 1 saturated heterocycles. The number of hydrogen-bond acceptors (Lipinski definition) is 8. The average Bonchev–Trinajstić information content (AvgIpc) is 3.77. The van der Waals surface area contributed by atoms with Crippen molar-refractivity contribution in [3.05, 3.63) is 71.9 Å². The molecule has 4 heterocycles. The van der Waals surface area contributed by atoms with E-state index in [1.165, 1.54) is 18.4 Å². The third kappa shape index (κ3) is 6.78. The number of pyridine rings is 1. The van der Waals surface area contributed by atoms with E-state index < -0.39 is 0 Å². The second-order valence-corrected chi connectivity index (χ2v) is 10.7. The molecule has 10 heteroatoms. The van der Waals surface area contributed by atoms with E-state index in [2.05, 4.69) is 36.4 Å². The minimum Gasteiger partial charge on any atom is -0.384 e. The van der Waals surface area contributed by atoms with Crippen LogP contribution in [0, 0.1) is 0 Å². The SMILES string of the molecule is CN1CCCC(c2nc(-c3ccc(C(=O)Nc4cc(C5CC5)ccn4)cc3)c3c(N)nccn23)C1.COCCC=O. The second kappa shape index (κ2) is 13.0. The number of fused-ring (bicyclic) bond motifs is 1. The van der Waals surface area contributed by atoms with Crippen molar-refractivity contribution in [3.8, 4) is 11.3 Å². The van der Waals surface area contributed by atoms with Crippen molar-refractivity contribution in [3.63, 3.8) is 0 Å². The van der Waals surface area contributed by atoms with Crippen LogP contribution in [0.15, 0.2) is 55.0 Å². The Morgan fingerprint density at radius 1 is 1.12 bits per heavy atom. The number of rotatable bonds is 8. The largest absolute Gasteiger partial charge is 0.384 e. The zero-order chi connectivity index (χ0) is 28.8. The molecule has 2 aliphatic rings. The number of nitrogens with two attached hydrogens (primary N) is 1. The first-order valence-corrected chi connectivity index (χ1v) is 14.1. The fourth-order valence-corrected chi connectivity index (χ4v) is 5.27. The number of likely N-dealkylation sites (tertiary alicyclic amines) is 1. The molecule has 0 spiro atoms. The van der Waals surface area contributed by atoms with Gasteiger partial charge in [0, 0.05) is 55.7 Å². The highest BCUT2D eigenvalue weighted by atomic mass is 16.5. The lowest BCUT2D eigenvalue weighted by atomic mass is 9.98. The molecule has 0 bridgehead atoms. The van der Waals surface area contributed by atoms with Crippen molar-refractivity contribution in [1.29, 1.82) is 0 Å². The molecule has 1 aliphatic carbocycles. The van der Waals surface area contributed by atoms with Crippen molar-refractivity contribution >= 4 is 29.3 Å². The highest BCUT2D eigenvalue weighted by Crippen LogP contribution is 2.40. The van der Waals surface area contributed by atoms with Crippen LogP contribution in [-0.4, -0.2) is 70.3 Å². The summed E-state index contributed by atoms with van der Waals surface area (Å²) in [6.45, 7) is 2.62. The fourth-order valence-electron chi connectivity index (χ4n) is 5.27. The number of imidazole rings is 1. The Hall–Kier alpha value is -4.15. The molecule has 6 rings (SSSR count). The van der Waals surface area contributed by atoms with Gasteiger partial charge in [-0.1, -0.05) is 12.1 Å². The lowest BCUT2D eigenvalue weighted by molar-refractivity contribution is -0.108. The first-order valence-electron chi connectivity index (χ1n) is 14.1. The number of amides is 1. The molecule has 10 nitrogen and oxygen atoms in total. The van der Waals surface area contributed by atoms with E-state index in [0.717, 1.165) is 54.8 Å². The summed E-state index contributed by atoms with van der Waals surface area (Å²) in [7, 11) is 3.73. The summed E-state index contributed by atoms with van der Waals surface area (Å²) in [5.74, 6) is 2.82. The van der Waals surface area contributed by atoms with Crippen molar-refractivity contribution < 1.29 is 14.3 Å². The van der Waals surface area contributed by atoms with Crippen molar-refractivity contribution in [2.75, 3.05) is 44.9 Å². The highest BCUT2D eigenvalue weighted by molar-refractivity contribution is 6.04. The van der Waals surface area contributed by atoms with Gasteiger partial charge in [0.05, 0.1) is 6.61 Å². The number of nitrogens with zero attached hydrogens (tertiary/aromatic N) is 5. The van der Waals surface area contributed by atoms with Gasteiger partial charge in [-0.15, -0.1) is 0 Å². The molecule has 3 N–H and O–H groups in total. The van der Waals surface area contributed by atoms with E-state index in [9.17, 15) is 9.59 Å². The molecule has 3 aromatic heterocycles. The molecule has 214 valence electrons.